The molecule has 3 rings (SSSR count). The molecule has 3 heterocycles. The van der Waals surface area contributed by atoms with Crippen LogP contribution in [-0.2, 0) is 4.79 Å². The minimum Gasteiger partial charge on any atom is -0.350 e. The van der Waals surface area contributed by atoms with E-state index in [4.69, 9.17) is 5.41 Å². The predicted octanol–water partition coefficient (Wildman–Crippen LogP) is 1.03. The second-order valence-electron chi connectivity index (χ2n) is 5.57. The topological polar surface area (TPSA) is 59.4 Å². The highest BCUT2D eigenvalue weighted by molar-refractivity contribution is 5.98. The highest BCUT2D eigenvalue weighted by atomic mass is 16.2. The van der Waals surface area contributed by atoms with Crippen molar-refractivity contribution in [1.82, 2.24) is 15.1 Å². The molecule has 3 aliphatic heterocycles. The molecule has 0 spiro atoms. The summed E-state index contributed by atoms with van der Waals surface area (Å²) in [5.74, 6) is 0.404. The summed E-state index contributed by atoms with van der Waals surface area (Å²) in [6.07, 6.45) is 10.8. The van der Waals surface area contributed by atoms with Gasteiger partial charge in [0.1, 0.15) is 0 Å². The fraction of sp³-hybridized carbons (Fsp3) is 0.429. The molecule has 5 nitrogen and oxygen atoms in total. The van der Waals surface area contributed by atoms with Gasteiger partial charge in [0.05, 0.1) is 12.0 Å². The third-order valence-corrected chi connectivity index (χ3v) is 4.19. The third kappa shape index (κ3) is 1.85. The van der Waals surface area contributed by atoms with E-state index in [-0.39, 0.29) is 23.3 Å². The molecule has 2 atom stereocenters. The minimum absolute atomic E-state index is 0.000561. The maximum atomic E-state index is 12.0. The van der Waals surface area contributed by atoms with E-state index in [1.165, 1.54) is 10.6 Å². The molecule has 0 aromatic rings. The van der Waals surface area contributed by atoms with Gasteiger partial charge in [-0.15, -0.1) is 0 Å². The Kier molecular flexibility index (Phi) is 2.52. The van der Waals surface area contributed by atoms with E-state index in [9.17, 15) is 4.79 Å². The summed E-state index contributed by atoms with van der Waals surface area (Å²) in [5, 5.41) is 11.1. The smallest absolute Gasteiger partial charge is 0.231 e. The first-order chi connectivity index (χ1) is 8.99. The largest absolute Gasteiger partial charge is 0.350 e. The molecule has 1 fully saturated rings. The standard InChI is InChI=1S/C14H18N4O/c1-14(8-12(19)17(2)13(15)16-14)10-7-11-5-3-4-6-18(11)9-10/h3-7,10H,8-9H2,1-2H3,(H2,15,16)/t10?,14-/m1/s1. The lowest BCUT2D eigenvalue weighted by atomic mass is 9.81. The lowest BCUT2D eigenvalue weighted by Crippen LogP contribution is -2.63. The van der Waals surface area contributed by atoms with Crippen LogP contribution in [0.4, 0.5) is 0 Å². The van der Waals surface area contributed by atoms with Crippen molar-refractivity contribution in [1.29, 1.82) is 5.41 Å². The van der Waals surface area contributed by atoms with Crippen molar-refractivity contribution in [3.63, 3.8) is 0 Å². The lowest BCUT2D eigenvalue weighted by Gasteiger charge is -2.42. The summed E-state index contributed by atoms with van der Waals surface area (Å²) in [7, 11) is 1.64. The molecule has 0 aromatic heterocycles. The Balaban J connectivity index is 1.85. The Morgan fingerprint density at radius 2 is 2.26 bits per heavy atom. The van der Waals surface area contributed by atoms with Crippen molar-refractivity contribution in [2.75, 3.05) is 13.6 Å². The number of carbonyl (C=O) groups excluding carboxylic acids is 1. The fourth-order valence-electron chi connectivity index (χ4n) is 2.84. The van der Waals surface area contributed by atoms with Gasteiger partial charge in [-0.1, -0.05) is 12.2 Å². The molecular formula is C14H18N4O. The van der Waals surface area contributed by atoms with Crippen LogP contribution in [0.1, 0.15) is 13.3 Å². The monoisotopic (exact) mass is 258 g/mol. The second kappa shape index (κ2) is 3.98. The van der Waals surface area contributed by atoms with Crippen molar-refractivity contribution < 1.29 is 4.79 Å². The first kappa shape index (κ1) is 12.0. The zero-order chi connectivity index (χ0) is 13.6. The Morgan fingerprint density at radius 1 is 1.47 bits per heavy atom. The highest BCUT2D eigenvalue weighted by Gasteiger charge is 2.44. The van der Waals surface area contributed by atoms with Crippen molar-refractivity contribution in [3.8, 4) is 0 Å². The molecule has 19 heavy (non-hydrogen) atoms. The van der Waals surface area contributed by atoms with Crippen LogP contribution in [0.15, 0.2) is 36.2 Å². The normalized spacial score (nSPS) is 33.4. The number of nitrogens with zero attached hydrogens (tertiary/aromatic N) is 2. The van der Waals surface area contributed by atoms with Gasteiger partial charge in [-0.3, -0.25) is 15.1 Å². The van der Waals surface area contributed by atoms with Crippen molar-refractivity contribution in [2.45, 2.75) is 18.9 Å². The third-order valence-electron chi connectivity index (χ3n) is 4.19. The van der Waals surface area contributed by atoms with Gasteiger partial charge >= 0.3 is 0 Å². The van der Waals surface area contributed by atoms with Crippen LogP contribution < -0.4 is 5.32 Å². The van der Waals surface area contributed by atoms with Gasteiger partial charge in [-0.25, -0.2) is 0 Å². The molecule has 1 unspecified atom stereocenters. The molecule has 5 heteroatoms. The van der Waals surface area contributed by atoms with E-state index in [1.807, 2.05) is 19.1 Å². The maximum Gasteiger partial charge on any atom is 0.231 e. The number of carbonyl (C=O) groups is 1. The minimum atomic E-state index is -0.382. The summed E-state index contributed by atoms with van der Waals surface area (Å²) in [5.41, 5.74) is 0.792. The first-order valence-electron chi connectivity index (χ1n) is 6.46. The molecule has 1 amide bonds. The van der Waals surface area contributed by atoms with Crippen LogP contribution in [0.25, 0.3) is 0 Å². The van der Waals surface area contributed by atoms with Crippen LogP contribution in [0.2, 0.25) is 0 Å². The van der Waals surface area contributed by atoms with Gasteiger partial charge in [0, 0.05) is 31.4 Å². The van der Waals surface area contributed by atoms with Crippen LogP contribution in [0, 0.1) is 11.3 Å². The van der Waals surface area contributed by atoms with Crippen LogP contribution in [-0.4, -0.2) is 40.8 Å². The summed E-state index contributed by atoms with van der Waals surface area (Å²) in [6.45, 7) is 2.88. The number of amides is 1. The molecule has 0 bridgehead atoms. The number of nitrogens with one attached hydrogen (secondary N) is 2. The first-order valence-corrected chi connectivity index (χ1v) is 6.46. The van der Waals surface area contributed by atoms with Gasteiger partial charge in [-0.2, -0.15) is 0 Å². The number of fused-ring (bicyclic) bond motifs is 1. The molecule has 1 saturated heterocycles. The summed E-state index contributed by atoms with van der Waals surface area (Å²) in [6, 6.07) is 0. The molecule has 0 aromatic carbocycles. The Hall–Kier alpha value is -2.04. The molecule has 0 aliphatic carbocycles. The van der Waals surface area contributed by atoms with Crippen molar-refractivity contribution >= 4 is 11.9 Å². The van der Waals surface area contributed by atoms with E-state index in [0.717, 1.165) is 6.54 Å². The van der Waals surface area contributed by atoms with Crippen molar-refractivity contribution in [3.05, 3.63) is 36.2 Å². The van der Waals surface area contributed by atoms with E-state index in [0.29, 0.717) is 6.42 Å². The van der Waals surface area contributed by atoms with Crippen LogP contribution >= 0.6 is 0 Å². The van der Waals surface area contributed by atoms with Gasteiger partial charge in [0.2, 0.25) is 5.91 Å². The molecular weight excluding hydrogens is 240 g/mol. The van der Waals surface area contributed by atoms with E-state index in [1.54, 1.807) is 7.05 Å². The number of rotatable bonds is 1. The Bertz CT molecular complexity index is 514. The average Bonchev–Trinajstić information content (AvgIpc) is 2.80. The number of allylic oxidation sites excluding steroid dienone is 3. The number of hydrogen-bond donors (Lipinski definition) is 2. The predicted molar refractivity (Wildman–Crippen MR) is 73.2 cm³/mol. The zero-order valence-corrected chi connectivity index (χ0v) is 11.2. The van der Waals surface area contributed by atoms with Gasteiger partial charge in [0.25, 0.3) is 0 Å². The molecule has 100 valence electrons. The van der Waals surface area contributed by atoms with Gasteiger partial charge < -0.3 is 10.2 Å². The Morgan fingerprint density at radius 3 is 2.95 bits per heavy atom. The van der Waals surface area contributed by atoms with E-state index in [2.05, 4.69) is 28.6 Å². The zero-order valence-electron chi connectivity index (χ0n) is 11.2. The quantitative estimate of drug-likeness (QED) is 0.738. The SMILES string of the molecule is CN1C(=N)N[C@@](C)(C2C=C3C=CC=CN3C2)CC1=O. The molecule has 0 saturated carbocycles. The van der Waals surface area contributed by atoms with Crippen LogP contribution in [0.3, 0.4) is 0 Å². The van der Waals surface area contributed by atoms with Crippen molar-refractivity contribution in [2.24, 2.45) is 5.92 Å². The maximum absolute atomic E-state index is 12.0. The second-order valence-corrected chi connectivity index (χ2v) is 5.57. The Labute approximate surface area is 112 Å². The van der Waals surface area contributed by atoms with Gasteiger partial charge in [-0.05, 0) is 19.1 Å². The summed E-state index contributed by atoms with van der Waals surface area (Å²) >= 11 is 0. The summed E-state index contributed by atoms with van der Waals surface area (Å²) in [4.78, 5) is 15.5. The van der Waals surface area contributed by atoms with Gasteiger partial charge in [0.15, 0.2) is 5.96 Å². The average molecular weight is 258 g/mol. The summed E-state index contributed by atoms with van der Waals surface area (Å²) < 4.78 is 0. The fourth-order valence-corrected chi connectivity index (χ4v) is 2.84. The number of guanidine groups is 1. The molecule has 0 radical (unpaired) electrons. The lowest BCUT2D eigenvalue weighted by molar-refractivity contribution is -0.129. The van der Waals surface area contributed by atoms with E-state index < -0.39 is 0 Å². The highest BCUT2D eigenvalue weighted by Crippen LogP contribution is 2.34. The molecule has 3 aliphatic rings. The molecule has 2 N–H and O–H groups in total. The number of hydrogen-bond acceptors (Lipinski definition) is 3. The van der Waals surface area contributed by atoms with E-state index >= 15 is 0 Å². The van der Waals surface area contributed by atoms with Crippen LogP contribution in [0.5, 0.6) is 0 Å².